The Bertz CT molecular complexity index is 66.8. The molecule has 0 saturated carbocycles. The van der Waals surface area contributed by atoms with Gasteiger partial charge in [-0.05, 0) is 13.0 Å². The van der Waals surface area contributed by atoms with Crippen molar-refractivity contribution in [2.45, 2.75) is 12.5 Å². The van der Waals surface area contributed by atoms with Crippen molar-refractivity contribution >= 4 is 0 Å². The first-order valence-corrected chi connectivity index (χ1v) is 3.67. The maximum Gasteiger partial charge on any atom is 0.0177 e. The molecule has 0 aromatic heterocycles. The highest BCUT2D eigenvalue weighted by molar-refractivity contribution is 4.64. The molecule has 0 radical (unpaired) electrons. The molecular formula is C6H18N4. The van der Waals surface area contributed by atoms with E-state index in [2.05, 4.69) is 5.32 Å². The molecule has 1 unspecified atom stereocenters. The Hall–Kier alpha value is -0.160. The smallest absolute Gasteiger partial charge is 0.0177 e. The van der Waals surface area contributed by atoms with Crippen LogP contribution in [0.3, 0.4) is 0 Å². The first-order chi connectivity index (χ1) is 4.81. The van der Waals surface area contributed by atoms with Gasteiger partial charge >= 0.3 is 0 Å². The van der Waals surface area contributed by atoms with Gasteiger partial charge in [0.05, 0.1) is 0 Å². The third-order valence-corrected chi connectivity index (χ3v) is 1.27. The lowest BCUT2D eigenvalue weighted by molar-refractivity contribution is 0.554. The van der Waals surface area contributed by atoms with Crippen LogP contribution in [0.15, 0.2) is 0 Å². The zero-order valence-electron chi connectivity index (χ0n) is 6.34. The van der Waals surface area contributed by atoms with Crippen molar-refractivity contribution in [3.8, 4) is 0 Å². The first kappa shape index (κ1) is 9.84. The van der Waals surface area contributed by atoms with Crippen LogP contribution in [0.4, 0.5) is 0 Å². The molecule has 0 aliphatic rings. The van der Waals surface area contributed by atoms with Crippen LogP contribution in [-0.4, -0.2) is 32.2 Å². The molecule has 0 bridgehead atoms. The Morgan fingerprint density at radius 1 is 1.20 bits per heavy atom. The molecule has 4 heteroatoms. The van der Waals surface area contributed by atoms with Crippen molar-refractivity contribution in [3.63, 3.8) is 0 Å². The molecule has 7 N–H and O–H groups in total. The molecule has 10 heavy (non-hydrogen) atoms. The quantitative estimate of drug-likeness (QED) is 0.333. The molecular weight excluding hydrogens is 128 g/mol. The molecule has 0 amide bonds. The fourth-order valence-electron chi connectivity index (χ4n) is 0.706. The summed E-state index contributed by atoms with van der Waals surface area (Å²) in [4.78, 5) is 0. The largest absolute Gasteiger partial charge is 0.330 e. The summed E-state index contributed by atoms with van der Waals surface area (Å²) >= 11 is 0. The monoisotopic (exact) mass is 146 g/mol. The Labute approximate surface area is 62.1 Å². The second kappa shape index (κ2) is 6.95. The van der Waals surface area contributed by atoms with Crippen molar-refractivity contribution in [3.05, 3.63) is 0 Å². The van der Waals surface area contributed by atoms with Crippen LogP contribution in [-0.2, 0) is 0 Å². The summed E-state index contributed by atoms with van der Waals surface area (Å²) in [7, 11) is 0. The summed E-state index contributed by atoms with van der Waals surface area (Å²) in [6.07, 6.45) is 0.873. The summed E-state index contributed by atoms with van der Waals surface area (Å²) in [6.45, 7) is 2.97. The van der Waals surface area contributed by atoms with Gasteiger partial charge in [-0.25, -0.2) is 0 Å². The van der Waals surface area contributed by atoms with Crippen LogP contribution in [0.2, 0.25) is 0 Å². The van der Waals surface area contributed by atoms with E-state index < -0.39 is 0 Å². The zero-order valence-corrected chi connectivity index (χ0v) is 6.34. The van der Waals surface area contributed by atoms with E-state index in [9.17, 15) is 0 Å². The van der Waals surface area contributed by atoms with Crippen LogP contribution < -0.4 is 22.5 Å². The fourth-order valence-corrected chi connectivity index (χ4v) is 0.706. The number of rotatable bonds is 6. The molecule has 0 saturated heterocycles. The maximum atomic E-state index is 5.64. The van der Waals surface area contributed by atoms with E-state index in [1.165, 1.54) is 0 Å². The molecule has 1 atom stereocenters. The van der Waals surface area contributed by atoms with Crippen LogP contribution >= 0.6 is 0 Å². The standard InChI is InChI=1S/C6H18N4/c7-2-1-6(9)5-10-4-3-8/h6,10H,1-5,7-9H2. The molecule has 0 fully saturated rings. The van der Waals surface area contributed by atoms with Crippen molar-refractivity contribution in [2.24, 2.45) is 17.2 Å². The molecule has 62 valence electrons. The molecule has 0 spiro atoms. The molecule has 0 rings (SSSR count). The third kappa shape index (κ3) is 5.97. The second-order valence-electron chi connectivity index (χ2n) is 2.33. The van der Waals surface area contributed by atoms with Crippen LogP contribution in [0, 0.1) is 0 Å². The average molecular weight is 146 g/mol. The van der Waals surface area contributed by atoms with Crippen molar-refractivity contribution in [1.82, 2.24) is 5.32 Å². The van der Waals surface area contributed by atoms with E-state index in [1.54, 1.807) is 0 Å². The third-order valence-electron chi connectivity index (χ3n) is 1.27. The van der Waals surface area contributed by atoms with Crippen molar-refractivity contribution in [2.75, 3.05) is 26.2 Å². The summed E-state index contributed by atoms with van der Waals surface area (Å²) in [5.74, 6) is 0. The predicted molar refractivity (Wildman–Crippen MR) is 43.6 cm³/mol. The normalized spacial score (nSPS) is 13.5. The van der Waals surface area contributed by atoms with Gasteiger partial charge in [0.25, 0.3) is 0 Å². The Kier molecular flexibility index (Phi) is 6.84. The van der Waals surface area contributed by atoms with Crippen molar-refractivity contribution < 1.29 is 0 Å². The Morgan fingerprint density at radius 3 is 2.40 bits per heavy atom. The van der Waals surface area contributed by atoms with Gasteiger partial charge in [0.1, 0.15) is 0 Å². The topological polar surface area (TPSA) is 90.1 Å². The van der Waals surface area contributed by atoms with Crippen LogP contribution in [0.25, 0.3) is 0 Å². The van der Waals surface area contributed by atoms with Gasteiger partial charge in [0.2, 0.25) is 0 Å². The van der Waals surface area contributed by atoms with Gasteiger partial charge < -0.3 is 22.5 Å². The zero-order chi connectivity index (χ0) is 7.82. The lowest BCUT2D eigenvalue weighted by Crippen LogP contribution is -2.37. The molecule has 4 nitrogen and oxygen atoms in total. The fraction of sp³-hybridized carbons (Fsp3) is 1.00. The van der Waals surface area contributed by atoms with Crippen LogP contribution in [0.1, 0.15) is 6.42 Å². The summed E-state index contributed by atoms with van der Waals surface area (Å²) in [5.41, 5.74) is 16.2. The highest BCUT2D eigenvalue weighted by atomic mass is 14.9. The SMILES string of the molecule is NCCNCC(N)CCN. The first-order valence-electron chi connectivity index (χ1n) is 3.67. The lowest BCUT2D eigenvalue weighted by atomic mass is 10.2. The highest BCUT2D eigenvalue weighted by Gasteiger charge is 1.97. The second-order valence-corrected chi connectivity index (χ2v) is 2.33. The van der Waals surface area contributed by atoms with E-state index in [-0.39, 0.29) is 6.04 Å². The molecule has 0 heterocycles. The minimum Gasteiger partial charge on any atom is -0.330 e. The van der Waals surface area contributed by atoms with Gasteiger partial charge in [-0.1, -0.05) is 0 Å². The van der Waals surface area contributed by atoms with Gasteiger partial charge in [0.15, 0.2) is 0 Å². The minimum absolute atomic E-state index is 0.177. The Morgan fingerprint density at radius 2 is 1.90 bits per heavy atom. The van der Waals surface area contributed by atoms with Crippen molar-refractivity contribution in [1.29, 1.82) is 0 Å². The molecule has 0 aliphatic heterocycles. The number of nitrogens with one attached hydrogen (secondary N) is 1. The summed E-state index contributed by atoms with van der Waals surface area (Å²) in [6, 6.07) is 0.177. The predicted octanol–water partition coefficient (Wildman–Crippen LogP) is -1.79. The minimum atomic E-state index is 0.177. The van der Waals surface area contributed by atoms with E-state index in [1.807, 2.05) is 0 Å². The van der Waals surface area contributed by atoms with E-state index in [4.69, 9.17) is 17.2 Å². The number of hydrogen-bond acceptors (Lipinski definition) is 4. The molecule has 0 aliphatic carbocycles. The van der Waals surface area contributed by atoms with Gasteiger partial charge in [0, 0.05) is 25.7 Å². The van der Waals surface area contributed by atoms with Gasteiger partial charge in [-0.3, -0.25) is 0 Å². The van der Waals surface area contributed by atoms with Gasteiger partial charge in [-0.2, -0.15) is 0 Å². The maximum absolute atomic E-state index is 5.64. The van der Waals surface area contributed by atoms with E-state index in [0.717, 1.165) is 19.5 Å². The lowest BCUT2D eigenvalue weighted by Gasteiger charge is -2.09. The average Bonchev–Trinajstić information content (AvgIpc) is 1.89. The highest BCUT2D eigenvalue weighted by Crippen LogP contribution is 1.80. The summed E-state index contributed by atoms with van der Waals surface area (Å²) < 4.78 is 0. The van der Waals surface area contributed by atoms with Gasteiger partial charge in [-0.15, -0.1) is 0 Å². The van der Waals surface area contributed by atoms with Crippen LogP contribution in [0.5, 0.6) is 0 Å². The number of hydrogen-bond donors (Lipinski definition) is 4. The number of nitrogens with two attached hydrogens (primary N) is 3. The molecule has 0 aromatic carbocycles. The molecule has 0 aromatic rings. The Balaban J connectivity index is 2.97. The van der Waals surface area contributed by atoms with E-state index >= 15 is 0 Å². The summed E-state index contributed by atoms with van der Waals surface area (Å²) in [5, 5.41) is 3.11. The van der Waals surface area contributed by atoms with E-state index in [0.29, 0.717) is 13.1 Å².